The molecule has 180 valence electrons. The molecule has 3 N–H and O–H groups in total. The van der Waals surface area contributed by atoms with Crippen LogP contribution in [0, 0.1) is 6.92 Å². The number of fused-ring (bicyclic) bond motifs is 2. The van der Waals surface area contributed by atoms with Crippen LogP contribution in [0.5, 0.6) is 0 Å². The van der Waals surface area contributed by atoms with E-state index in [2.05, 4.69) is 25.3 Å². The van der Waals surface area contributed by atoms with Crippen LogP contribution in [-0.2, 0) is 4.79 Å². The van der Waals surface area contributed by atoms with Crippen LogP contribution in [0.25, 0.3) is 27.3 Å². The number of H-pyrrole nitrogens is 1. The van der Waals surface area contributed by atoms with Crippen molar-refractivity contribution in [2.45, 2.75) is 33.2 Å². The highest BCUT2D eigenvalue weighted by Crippen LogP contribution is 2.30. The molecule has 0 aliphatic carbocycles. The van der Waals surface area contributed by atoms with E-state index < -0.39 is 5.97 Å². The van der Waals surface area contributed by atoms with E-state index in [0.29, 0.717) is 38.2 Å². The summed E-state index contributed by atoms with van der Waals surface area (Å²) >= 11 is 7.65. The highest BCUT2D eigenvalue weighted by Gasteiger charge is 2.22. The second-order valence-electron chi connectivity index (χ2n) is 7.62. The number of benzene rings is 1. The van der Waals surface area contributed by atoms with Crippen molar-refractivity contribution >= 4 is 50.8 Å². The predicted molar refractivity (Wildman–Crippen MR) is 136 cm³/mol. The van der Waals surface area contributed by atoms with Gasteiger partial charge in [0.2, 0.25) is 0 Å². The molecule has 5 aromatic rings. The number of nitrogens with one attached hydrogen (secondary N) is 2. The molecule has 0 saturated carbocycles. The Hall–Kier alpha value is -3.83. The topological polar surface area (TPSA) is 138 Å². The van der Waals surface area contributed by atoms with Crippen molar-refractivity contribution in [1.29, 1.82) is 0 Å². The van der Waals surface area contributed by atoms with Crippen LogP contribution >= 0.6 is 22.9 Å². The number of aliphatic carboxylic acids is 1. The average Bonchev–Trinajstić information content (AvgIpc) is 3.46. The van der Waals surface area contributed by atoms with E-state index in [1.165, 1.54) is 17.7 Å². The van der Waals surface area contributed by atoms with Crippen molar-refractivity contribution in [3.63, 3.8) is 0 Å². The van der Waals surface area contributed by atoms with Gasteiger partial charge in [0.05, 0.1) is 23.6 Å². The van der Waals surface area contributed by atoms with Gasteiger partial charge < -0.3 is 15.4 Å². The summed E-state index contributed by atoms with van der Waals surface area (Å²) in [5, 5.41) is 13.6. The van der Waals surface area contributed by atoms with Gasteiger partial charge in [-0.1, -0.05) is 30.7 Å². The van der Waals surface area contributed by atoms with Crippen LogP contribution < -0.4 is 10.9 Å². The summed E-state index contributed by atoms with van der Waals surface area (Å²) in [7, 11) is 0. The number of aryl methyl sites for hydroxylation is 1. The van der Waals surface area contributed by atoms with Gasteiger partial charge in [0, 0.05) is 22.5 Å². The molecule has 12 heteroatoms. The number of aromatic nitrogens is 6. The second kappa shape index (κ2) is 10.2. The van der Waals surface area contributed by atoms with Crippen molar-refractivity contribution in [3.05, 3.63) is 69.1 Å². The zero-order chi connectivity index (χ0) is 25.1. The number of rotatable bonds is 5. The van der Waals surface area contributed by atoms with Crippen molar-refractivity contribution < 1.29 is 9.90 Å². The fraction of sp³-hybridized carbons (Fsp3) is 0.217. The molecule has 4 heterocycles. The number of thiazole rings is 1. The van der Waals surface area contributed by atoms with Gasteiger partial charge >= 0.3 is 5.97 Å². The zero-order valence-corrected chi connectivity index (χ0v) is 20.7. The van der Waals surface area contributed by atoms with E-state index >= 15 is 0 Å². The first-order valence-electron chi connectivity index (χ1n) is 10.7. The Balaban J connectivity index is 0.000000527. The number of carbonyl (C=O) groups is 1. The lowest BCUT2D eigenvalue weighted by molar-refractivity contribution is -0.136. The van der Waals surface area contributed by atoms with E-state index in [1.807, 2.05) is 31.4 Å². The Labute approximate surface area is 208 Å². The molecule has 35 heavy (non-hydrogen) atoms. The van der Waals surface area contributed by atoms with Crippen molar-refractivity contribution in [2.24, 2.45) is 0 Å². The Morgan fingerprint density at radius 3 is 2.80 bits per heavy atom. The number of aromatic amines is 1. The molecule has 0 amide bonds. The van der Waals surface area contributed by atoms with Crippen LogP contribution in [0.15, 0.2) is 47.1 Å². The molecule has 10 nitrogen and oxygen atoms in total. The Bertz CT molecular complexity index is 1580. The molecule has 0 aliphatic rings. The number of carboxylic acid groups (broad SMARTS) is 1. The summed E-state index contributed by atoms with van der Waals surface area (Å²) in [5.74, 6) is -0.156. The third-order valence-electron chi connectivity index (χ3n) is 5.17. The van der Waals surface area contributed by atoms with Gasteiger partial charge in [-0.05, 0) is 31.5 Å². The summed E-state index contributed by atoms with van der Waals surface area (Å²) in [4.78, 5) is 44.0. The number of carboxylic acids is 1. The van der Waals surface area contributed by atoms with Gasteiger partial charge in [-0.2, -0.15) is 0 Å². The third kappa shape index (κ3) is 5.00. The van der Waals surface area contributed by atoms with Crippen LogP contribution in [0.1, 0.15) is 37.7 Å². The maximum Gasteiger partial charge on any atom is 0.303 e. The molecule has 0 saturated heterocycles. The molecule has 0 aliphatic heterocycles. The van der Waals surface area contributed by atoms with E-state index in [-0.39, 0.29) is 18.0 Å². The molecule has 0 spiro atoms. The van der Waals surface area contributed by atoms with Gasteiger partial charge in [-0.15, -0.1) is 11.3 Å². The SMILES string of the molecule is CCC(=O)O.Cc1csc2nc(C(C)Nc3ncnc4nc[nH]c34)c(-c3cccc(Cl)c3)c(=O)n12. The first-order chi connectivity index (χ1) is 16.8. The third-order valence-corrected chi connectivity index (χ3v) is 6.35. The minimum atomic E-state index is -0.745. The fourth-order valence-electron chi connectivity index (χ4n) is 3.47. The molecule has 5 rings (SSSR count). The minimum Gasteiger partial charge on any atom is -0.481 e. The summed E-state index contributed by atoms with van der Waals surface area (Å²) in [6, 6.07) is 6.93. The van der Waals surface area contributed by atoms with Crippen molar-refractivity contribution in [1.82, 2.24) is 29.3 Å². The number of nitrogens with zero attached hydrogens (tertiary/aromatic N) is 5. The van der Waals surface area contributed by atoms with Gasteiger partial charge in [0.15, 0.2) is 16.4 Å². The van der Waals surface area contributed by atoms with E-state index in [1.54, 1.807) is 29.8 Å². The molecule has 1 unspecified atom stereocenters. The lowest BCUT2D eigenvalue weighted by Gasteiger charge is -2.18. The van der Waals surface area contributed by atoms with E-state index in [0.717, 1.165) is 11.3 Å². The van der Waals surface area contributed by atoms with Crippen LogP contribution in [-0.4, -0.2) is 40.4 Å². The zero-order valence-electron chi connectivity index (χ0n) is 19.1. The first-order valence-corrected chi connectivity index (χ1v) is 11.9. The van der Waals surface area contributed by atoms with E-state index in [9.17, 15) is 9.59 Å². The van der Waals surface area contributed by atoms with Crippen LogP contribution in [0.2, 0.25) is 5.02 Å². The second-order valence-corrected chi connectivity index (χ2v) is 8.89. The van der Waals surface area contributed by atoms with Gasteiger partial charge in [-0.25, -0.2) is 19.9 Å². The molecule has 0 bridgehead atoms. The van der Waals surface area contributed by atoms with Crippen LogP contribution in [0.4, 0.5) is 5.82 Å². The summed E-state index contributed by atoms with van der Waals surface area (Å²) in [6.07, 6.45) is 3.24. The standard InChI is InChI=1S/C20H16ClN7OS.C3H6O2/c1-10-7-30-20-27-15(11(2)26-18-16-17(23-8-22-16)24-9-25-18)14(19(29)28(10)20)12-4-3-5-13(21)6-12;1-2-3(4)5/h3-9,11H,1-2H3,(H2,22,23,24,25,26);2H2,1H3,(H,4,5). The largest absolute Gasteiger partial charge is 0.481 e. The molecule has 0 fully saturated rings. The van der Waals surface area contributed by atoms with Gasteiger partial charge in [0.25, 0.3) is 5.56 Å². The molecule has 4 aromatic heterocycles. The Morgan fingerprint density at radius 2 is 2.09 bits per heavy atom. The molecular formula is C23H22ClN7O3S. The number of imidazole rings is 1. The smallest absolute Gasteiger partial charge is 0.303 e. The maximum absolute atomic E-state index is 13.5. The number of anilines is 1. The van der Waals surface area contributed by atoms with Crippen LogP contribution in [0.3, 0.4) is 0 Å². The monoisotopic (exact) mass is 511 g/mol. The van der Waals surface area contributed by atoms with Crippen molar-refractivity contribution in [2.75, 3.05) is 5.32 Å². The quantitative estimate of drug-likeness (QED) is 0.308. The predicted octanol–water partition coefficient (Wildman–Crippen LogP) is 4.71. The highest BCUT2D eigenvalue weighted by atomic mass is 35.5. The number of halogens is 1. The number of hydrogen-bond donors (Lipinski definition) is 3. The summed E-state index contributed by atoms with van der Waals surface area (Å²) < 4.78 is 1.63. The maximum atomic E-state index is 13.5. The Morgan fingerprint density at radius 1 is 1.31 bits per heavy atom. The van der Waals surface area contributed by atoms with Crippen molar-refractivity contribution in [3.8, 4) is 11.1 Å². The molecule has 1 atom stereocenters. The molecular weight excluding hydrogens is 490 g/mol. The lowest BCUT2D eigenvalue weighted by Crippen LogP contribution is -2.23. The lowest BCUT2D eigenvalue weighted by atomic mass is 10.0. The Kier molecular flexibility index (Phi) is 7.08. The average molecular weight is 512 g/mol. The van der Waals surface area contributed by atoms with Gasteiger partial charge in [0.1, 0.15) is 11.8 Å². The minimum absolute atomic E-state index is 0.126. The van der Waals surface area contributed by atoms with E-state index in [4.69, 9.17) is 21.7 Å². The highest BCUT2D eigenvalue weighted by molar-refractivity contribution is 7.15. The first kappa shape index (κ1) is 24.3. The summed E-state index contributed by atoms with van der Waals surface area (Å²) in [6.45, 7) is 5.44. The fourth-order valence-corrected chi connectivity index (χ4v) is 4.53. The summed E-state index contributed by atoms with van der Waals surface area (Å²) in [5.41, 5.74) is 3.82. The normalized spacial score (nSPS) is 11.8. The number of hydrogen-bond acceptors (Lipinski definition) is 8. The molecule has 0 radical (unpaired) electrons. The van der Waals surface area contributed by atoms with Gasteiger partial charge in [-0.3, -0.25) is 14.0 Å². The molecule has 1 aromatic carbocycles.